The second-order valence-corrected chi connectivity index (χ2v) is 6.95. The lowest BCUT2D eigenvalue weighted by Crippen LogP contribution is -2.23. The van der Waals surface area contributed by atoms with Crippen molar-refractivity contribution in [2.75, 3.05) is 0 Å². The number of hydrogen-bond donors (Lipinski definition) is 1. The quantitative estimate of drug-likeness (QED) is 0.886. The number of nitriles is 1. The Bertz CT molecular complexity index is 906. The van der Waals surface area contributed by atoms with Gasteiger partial charge in [-0.2, -0.15) is 18.4 Å². The molecule has 1 N–H and O–H groups in total. The van der Waals surface area contributed by atoms with E-state index in [4.69, 9.17) is 16.9 Å². The minimum Gasteiger partial charge on any atom is -0.207 e. The first-order chi connectivity index (χ1) is 11.1. The zero-order valence-electron chi connectivity index (χ0n) is 11.9. The molecular weight excluding hydrogens is 365 g/mol. The van der Waals surface area contributed by atoms with Gasteiger partial charge in [0, 0.05) is 6.54 Å². The van der Waals surface area contributed by atoms with E-state index in [-0.39, 0.29) is 22.6 Å². The molecule has 0 aromatic heterocycles. The maximum Gasteiger partial charge on any atom is 0.417 e. The lowest BCUT2D eigenvalue weighted by Gasteiger charge is -2.12. The highest BCUT2D eigenvalue weighted by atomic mass is 35.5. The number of hydrogen-bond acceptors (Lipinski definition) is 3. The summed E-state index contributed by atoms with van der Waals surface area (Å²) in [5.41, 5.74) is -0.775. The second kappa shape index (κ2) is 6.81. The van der Waals surface area contributed by atoms with Gasteiger partial charge in [-0.25, -0.2) is 13.1 Å². The number of benzene rings is 2. The van der Waals surface area contributed by atoms with Crippen LogP contribution in [0.25, 0.3) is 0 Å². The topological polar surface area (TPSA) is 70.0 Å². The molecule has 0 unspecified atom stereocenters. The van der Waals surface area contributed by atoms with E-state index in [9.17, 15) is 21.6 Å². The Balaban J connectivity index is 2.23. The van der Waals surface area contributed by atoms with Crippen molar-refractivity contribution in [1.29, 1.82) is 5.26 Å². The van der Waals surface area contributed by atoms with E-state index in [0.29, 0.717) is 0 Å². The van der Waals surface area contributed by atoms with E-state index < -0.39 is 26.8 Å². The van der Waals surface area contributed by atoms with Crippen LogP contribution in [0.15, 0.2) is 47.4 Å². The molecule has 2 rings (SSSR count). The van der Waals surface area contributed by atoms with Crippen LogP contribution in [-0.4, -0.2) is 8.42 Å². The molecule has 0 heterocycles. The molecule has 0 saturated heterocycles. The van der Waals surface area contributed by atoms with Crippen LogP contribution in [0.1, 0.15) is 16.7 Å². The zero-order chi connectivity index (χ0) is 18.0. The standard InChI is InChI=1S/C15H10ClF3N2O2S/c16-14-5-4-11(7-13(14)15(17,18)19)9-21-24(22,23)12-3-1-2-10(6-12)8-20/h1-7,21H,9H2. The van der Waals surface area contributed by atoms with Crippen LogP contribution >= 0.6 is 11.6 Å². The van der Waals surface area contributed by atoms with E-state index >= 15 is 0 Å². The molecule has 0 saturated carbocycles. The molecule has 0 aliphatic carbocycles. The Hall–Kier alpha value is -2.08. The van der Waals surface area contributed by atoms with Crippen LogP contribution in [0, 0.1) is 11.3 Å². The first kappa shape index (κ1) is 18.3. The summed E-state index contributed by atoms with van der Waals surface area (Å²) in [6.07, 6.45) is -4.63. The molecule has 0 amide bonds. The summed E-state index contributed by atoms with van der Waals surface area (Å²) in [5, 5.41) is 8.32. The molecule has 0 bridgehead atoms. The van der Waals surface area contributed by atoms with Gasteiger partial charge in [0.2, 0.25) is 10.0 Å². The predicted octanol–water partition coefficient (Wildman–Crippen LogP) is 3.71. The molecule has 0 radical (unpaired) electrons. The van der Waals surface area contributed by atoms with Gasteiger partial charge in [0.1, 0.15) is 0 Å². The number of nitrogens with one attached hydrogen (secondary N) is 1. The molecule has 0 atom stereocenters. The van der Waals surface area contributed by atoms with Gasteiger partial charge in [-0.3, -0.25) is 0 Å². The molecule has 0 aliphatic rings. The highest BCUT2D eigenvalue weighted by Gasteiger charge is 2.33. The van der Waals surface area contributed by atoms with Crippen molar-refractivity contribution in [2.24, 2.45) is 0 Å². The van der Waals surface area contributed by atoms with Crippen molar-refractivity contribution >= 4 is 21.6 Å². The van der Waals surface area contributed by atoms with Crippen LogP contribution in [-0.2, 0) is 22.7 Å². The van der Waals surface area contributed by atoms with Crippen molar-refractivity contribution in [3.63, 3.8) is 0 Å². The minimum absolute atomic E-state index is 0.103. The van der Waals surface area contributed by atoms with Gasteiger partial charge in [-0.1, -0.05) is 23.7 Å². The zero-order valence-corrected chi connectivity index (χ0v) is 13.5. The van der Waals surface area contributed by atoms with E-state index in [1.165, 1.54) is 30.3 Å². The lowest BCUT2D eigenvalue weighted by molar-refractivity contribution is -0.137. The maximum atomic E-state index is 12.8. The molecule has 9 heteroatoms. The first-order valence-corrected chi connectivity index (χ1v) is 8.35. The van der Waals surface area contributed by atoms with Crippen LogP contribution in [0.5, 0.6) is 0 Å². The average Bonchev–Trinajstić information content (AvgIpc) is 2.53. The van der Waals surface area contributed by atoms with Crippen molar-refractivity contribution in [1.82, 2.24) is 4.72 Å². The van der Waals surface area contributed by atoms with Crippen LogP contribution < -0.4 is 4.72 Å². The Morgan fingerprint density at radius 1 is 1.17 bits per heavy atom. The van der Waals surface area contributed by atoms with Gasteiger partial charge >= 0.3 is 6.18 Å². The fourth-order valence-corrected chi connectivity index (χ4v) is 3.18. The molecule has 2 aromatic rings. The maximum absolute atomic E-state index is 12.8. The summed E-state index contributed by atoms with van der Waals surface area (Å²) in [6, 6.07) is 10.3. The first-order valence-electron chi connectivity index (χ1n) is 6.49. The van der Waals surface area contributed by atoms with Crippen LogP contribution in [0.4, 0.5) is 13.2 Å². The Kier molecular flexibility index (Phi) is 5.18. The summed E-state index contributed by atoms with van der Waals surface area (Å²) < 4.78 is 64.9. The van der Waals surface area contributed by atoms with Crippen molar-refractivity contribution in [3.8, 4) is 6.07 Å². The normalized spacial score (nSPS) is 12.0. The molecule has 4 nitrogen and oxygen atoms in total. The molecular formula is C15H10ClF3N2O2S. The van der Waals surface area contributed by atoms with Gasteiger partial charge in [-0.15, -0.1) is 0 Å². The third-order valence-corrected chi connectivity index (χ3v) is 4.80. The van der Waals surface area contributed by atoms with Crippen molar-refractivity contribution in [3.05, 3.63) is 64.2 Å². The number of sulfonamides is 1. The molecule has 2 aromatic carbocycles. The summed E-state index contributed by atoms with van der Waals surface area (Å²) in [6.45, 7) is -0.348. The molecule has 0 fully saturated rings. The number of rotatable bonds is 4. The largest absolute Gasteiger partial charge is 0.417 e. The average molecular weight is 375 g/mol. The van der Waals surface area contributed by atoms with Crippen LogP contribution in [0.3, 0.4) is 0 Å². The molecule has 0 aliphatic heterocycles. The minimum atomic E-state index is -4.63. The number of alkyl halides is 3. The smallest absolute Gasteiger partial charge is 0.207 e. The van der Waals surface area contributed by atoms with Gasteiger partial charge in [0.15, 0.2) is 0 Å². The van der Waals surface area contributed by atoms with Crippen LogP contribution in [0.2, 0.25) is 5.02 Å². The summed E-state index contributed by atoms with van der Waals surface area (Å²) in [7, 11) is -3.96. The van der Waals surface area contributed by atoms with Gasteiger partial charge in [0.05, 0.1) is 27.1 Å². The fourth-order valence-electron chi connectivity index (χ4n) is 1.89. The molecule has 24 heavy (non-hydrogen) atoms. The van der Waals surface area contributed by atoms with Crippen molar-refractivity contribution in [2.45, 2.75) is 17.6 Å². The predicted molar refractivity (Wildman–Crippen MR) is 81.6 cm³/mol. The number of halogens is 4. The third kappa shape index (κ3) is 4.26. The van der Waals surface area contributed by atoms with Gasteiger partial charge in [0.25, 0.3) is 0 Å². The van der Waals surface area contributed by atoms with Crippen molar-refractivity contribution < 1.29 is 21.6 Å². The summed E-state index contributed by atoms with van der Waals surface area (Å²) in [4.78, 5) is -0.147. The van der Waals surface area contributed by atoms with Gasteiger partial charge < -0.3 is 0 Å². The van der Waals surface area contributed by atoms with E-state index in [2.05, 4.69) is 4.72 Å². The summed E-state index contributed by atoms with van der Waals surface area (Å²) >= 11 is 5.51. The Labute approximate surface area is 141 Å². The highest BCUT2D eigenvalue weighted by Crippen LogP contribution is 2.35. The monoisotopic (exact) mass is 374 g/mol. The summed E-state index contributed by atoms with van der Waals surface area (Å²) in [5.74, 6) is 0. The fraction of sp³-hybridized carbons (Fsp3) is 0.133. The van der Waals surface area contributed by atoms with Gasteiger partial charge in [-0.05, 0) is 35.9 Å². The van der Waals surface area contributed by atoms with E-state index in [1.807, 2.05) is 6.07 Å². The third-order valence-electron chi connectivity index (χ3n) is 3.08. The lowest BCUT2D eigenvalue weighted by atomic mass is 10.1. The molecule has 0 spiro atoms. The second-order valence-electron chi connectivity index (χ2n) is 4.78. The van der Waals surface area contributed by atoms with E-state index in [1.54, 1.807) is 0 Å². The molecule has 126 valence electrons. The Morgan fingerprint density at radius 2 is 1.88 bits per heavy atom. The van der Waals surface area contributed by atoms with E-state index in [0.717, 1.165) is 12.1 Å². The number of nitrogens with zero attached hydrogens (tertiary/aromatic N) is 1. The SMILES string of the molecule is N#Cc1cccc(S(=O)(=O)NCc2ccc(Cl)c(C(F)(F)F)c2)c1. The Morgan fingerprint density at radius 3 is 2.50 bits per heavy atom. The highest BCUT2D eigenvalue weighted by molar-refractivity contribution is 7.89.